The summed E-state index contributed by atoms with van der Waals surface area (Å²) in [6.07, 6.45) is 1.25. The number of ether oxygens (including phenoxy) is 1. The molecule has 1 aliphatic rings. The third-order valence-corrected chi connectivity index (χ3v) is 7.70. The van der Waals surface area contributed by atoms with Crippen LogP contribution < -0.4 is 14.9 Å². The first-order chi connectivity index (χ1) is 19.0. The molecule has 4 aromatic rings. The molecule has 0 saturated heterocycles. The van der Waals surface area contributed by atoms with Crippen LogP contribution in [-0.4, -0.2) is 27.7 Å². The molecular formula is C29H22Cl2N2O6S. The number of hydrogen-bond acceptors (Lipinski definition) is 7. The van der Waals surface area contributed by atoms with Crippen LogP contribution in [0.5, 0.6) is 0 Å². The monoisotopic (exact) mass is 596 g/mol. The van der Waals surface area contributed by atoms with Gasteiger partial charge in [-0.15, -0.1) is 0 Å². The highest BCUT2D eigenvalue weighted by Gasteiger charge is 2.33. The van der Waals surface area contributed by atoms with Crippen LogP contribution in [0.3, 0.4) is 0 Å². The van der Waals surface area contributed by atoms with Crippen LogP contribution in [0.1, 0.15) is 48.5 Å². The van der Waals surface area contributed by atoms with E-state index >= 15 is 0 Å². The molecule has 1 aliphatic heterocycles. The number of halogens is 2. The number of allylic oxidation sites excluding steroid dienone is 1. The molecule has 8 nitrogen and oxygen atoms in total. The van der Waals surface area contributed by atoms with Gasteiger partial charge in [-0.05, 0) is 62.7 Å². The molecule has 0 radical (unpaired) electrons. The minimum atomic E-state index is -1.13. The van der Waals surface area contributed by atoms with Crippen molar-refractivity contribution in [3.05, 3.63) is 112 Å². The summed E-state index contributed by atoms with van der Waals surface area (Å²) < 4.78 is 13.3. The molecule has 0 aliphatic carbocycles. The van der Waals surface area contributed by atoms with E-state index in [2.05, 4.69) is 4.99 Å². The molecule has 0 unspecified atom stereocenters. The quantitative estimate of drug-likeness (QED) is 0.296. The maximum absolute atomic E-state index is 13.8. The first kappa shape index (κ1) is 27.6. The second-order valence-electron chi connectivity index (χ2n) is 9.29. The van der Waals surface area contributed by atoms with Gasteiger partial charge in [-0.1, -0.05) is 52.7 Å². The largest absolute Gasteiger partial charge is 0.478 e. The Morgan fingerprint density at radius 1 is 1.12 bits per heavy atom. The second kappa shape index (κ2) is 10.9. The summed E-state index contributed by atoms with van der Waals surface area (Å²) >= 11 is 13.4. The van der Waals surface area contributed by atoms with Crippen molar-refractivity contribution >= 4 is 52.6 Å². The number of thiazole rings is 1. The Morgan fingerprint density at radius 3 is 2.50 bits per heavy atom. The van der Waals surface area contributed by atoms with Crippen LogP contribution in [0.25, 0.3) is 17.4 Å². The lowest BCUT2D eigenvalue weighted by Gasteiger charge is -2.25. The zero-order valence-electron chi connectivity index (χ0n) is 21.5. The topological polar surface area (TPSA) is 111 Å². The van der Waals surface area contributed by atoms with Gasteiger partial charge in [-0.2, -0.15) is 0 Å². The summed E-state index contributed by atoms with van der Waals surface area (Å²) in [6, 6.07) is 14.1. The molecule has 5 rings (SSSR count). The Hall–Kier alpha value is -3.92. The summed E-state index contributed by atoms with van der Waals surface area (Å²) in [5, 5.41) is 9.82. The van der Waals surface area contributed by atoms with Gasteiger partial charge >= 0.3 is 11.9 Å². The number of fused-ring (bicyclic) bond motifs is 1. The number of carboxylic acids is 1. The van der Waals surface area contributed by atoms with Crippen molar-refractivity contribution in [1.29, 1.82) is 0 Å². The van der Waals surface area contributed by atoms with Crippen LogP contribution in [0.15, 0.2) is 80.1 Å². The number of aromatic carboxylic acids is 1. The Balaban J connectivity index is 1.60. The van der Waals surface area contributed by atoms with Gasteiger partial charge in [0.25, 0.3) is 5.56 Å². The normalized spacial score (nSPS) is 15.2. The second-order valence-corrected chi connectivity index (χ2v) is 11.1. The van der Waals surface area contributed by atoms with Crippen molar-refractivity contribution in [2.75, 3.05) is 0 Å². The summed E-state index contributed by atoms with van der Waals surface area (Å²) in [5.41, 5.74) is 1.64. The molecule has 204 valence electrons. The molecular weight excluding hydrogens is 575 g/mol. The van der Waals surface area contributed by atoms with Crippen LogP contribution in [0, 0.1) is 0 Å². The Bertz CT molecular complexity index is 1870. The molecule has 0 amide bonds. The molecule has 1 N–H and O–H groups in total. The smallest absolute Gasteiger partial charge is 0.338 e. The number of carboxylic acid groups (broad SMARTS) is 1. The first-order valence-electron chi connectivity index (χ1n) is 12.2. The maximum Gasteiger partial charge on any atom is 0.338 e. The molecule has 11 heteroatoms. The number of nitrogens with zero attached hydrogens (tertiary/aromatic N) is 2. The Labute approximate surface area is 242 Å². The molecule has 2 aromatic heterocycles. The number of furan rings is 1. The van der Waals surface area contributed by atoms with E-state index in [4.69, 9.17) is 32.4 Å². The van der Waals surface area contributed by atoms with Crippen molar-refractivity contribution in [2.24, 2.45) is 4.99 Å². The van der Waals surface area contributed by atoms with Gasteiger partial charge in [0.1, 0.15) is 11.5 Å². The molecule has 3 heterocycles. The number of aromatic nitrogens is 1. The molecule has 0 fully saturated rings. The number of benzene rings is 2. The fourth-order valence-corrected chi connectivity index (χ4v) is 5.79. The predicted molar refractivity (Wildman–Crippen MR) is 153 cm³/mol. The number of hydrogen-bond donors (Lipinski definition) is 1. The van der Waals surface area contributed by atoms with E-state index in [0.29, 0.717) is 42.7 Å². The lowest BCUT2D eigenvalue weighted by Crippen LogP contribution is -2.40. The SMILES string of the molecule is CC1=C(C(=O)OC(C)C)[C@H](c2ccc(Cl)cc2)n2c(s/c(=C\c3ccc(-c4ccc(C(=O)O)c(Cl)c4)o3)c2=O)=N1. The third-order valence-electron chi connectivity index (χ3n) is 6.15. The van der Waals surface area contributed by atoms with Crippen molar-refractivity contribution in [3.63, 3.8) is 0 Å². The van der Waals surface area contributed by atoms with Gasteiger partial charge in [0.15, 0.2) is 4.80 Å². The van der Waals surface area contributed by atoms with Crippen molar-refractivity contribution < 1.29 is 23.8 Å². The van der Waals surface area contributed by atoms with Crippen LogP contribution >= 0.6 is 34.5 Å². The first-order valence-corrected chi connectivity index (χ1v) is 13.7. The predicted octanol–water partition coefficient (Wildman–Crippen LogP) is 5.45. The zero-order valence-corrected chi connectivity index (χ0v) is 23.8. The standard InChI is InChI=1S/C29H22Cl2N2O6S/c1-14(2)38-28(37)24-15(3)32-29-33(25(24)16-4-7-18(30)8-5-16)26(34)23(40-29)13-19-9-11-22(39-19)17-6-10-20(27(35)36)21(31)12-17/h4-14,25H,1-3H3,(H,35,36)/b23-13-/t25-/m0/s1. The van der Waals surface area contributed by atoms with Crippen LogP contribution in [0.2, 0.25) is 10.0 Å². The highest BCUT2D eigenvalue weighted by molar-refractivity contribution is 7.07. The van der Waals surface area contributed by atoms with Crippen LogP contribution in [-0.2, 0) is 9.53 Å². The highest BCUT2D eigenvalue weighted by Crippen LogP contribution is 2.32. The van der Waals surface area contributed by atoms with Crippen molar-refractivity contribution in [2.45, 2.75) is 32.9 Å². The average molecular weight is 597 g/mol. The summed E-state index contributed by atoms with van der Waals surface area (Å²) in [6.45, 7) is 5.23. The molecule has 0 spiro atoms. The Morgan fingerprint density at radius 2 is 1.85 bits per heavy atom. The van der Waals surface area contributed by atoms with Gasteiger partial charge in [0.2, 0.25) is 0 Å². The number of rotatable bonds is 6. The zero-order chi connectivity index (χ0) is 28.7. The van der Waals surface area contributed by atoms with Crippen LogP contribution in [0.4, 0.5) is 0 Å². The van der Waals surface area contributed by atoms with Gasteiger partial charge < -0.3 is 14.3 Å². The molecule has 0 saturated carbocycles. The fraction of sp³-hybridized carbons (Fsp3) is 0.172. The number of carbonyl (C=O) groups excluding carboxylic acids is 1. The van der Waals surface area contributed by atoms with E-state index in [0.717, 1.165) is 0 Å². The maximum atomic E-state index is 13.8. The van der Waals surface area contributed by atoms with E-state index in [1.165, 1.54) is 28.0 Å². The number of esters is 1. The van der Waals surface area contributed by atoms with Gasteiger partial charge in [-0.25, -0.2) is 14.6 Å². The summed E-state index contributed by atoms with van der Waals surface area (Å²) in [4.78, 5) is 43.2. The molecule has 40 heavy (non-hydrogen) atoms. The van der Waals surface area contributed by atoms with Crippen molar-refractivity contribution in [1.82, 2.24) is 4.57 Å². The van der Waals surface area contributed by atoms with E-state index in [-0.39, 0.29) is 27.8 Å². The minimum absolute atomic E-state index is 0.0134. The van der Waals surface area contributed by atoms with Gasteiger partial charge in [-0.3, -0.25) is 9.36 Å². The molecule has 0 bridgehead atoms. The van der Waals surface area contributed by atoms with E-state index in [1.807, 2.05) is 0 Å². The molecule has 2 aromatic carbocycles. The Kier molecular flexibility index (Phi) is 7.55. The van der Waals surface area contributed by atoms with E-state index in [9.17, 15) is 19.5 Å². The summed E-state index contributed by atoms with van der Waals surface area (Å²) in [7, 11) is 0. The van der Waals surface area contributed by atoms with E-state index < -0.39 is 18.0 Å². The lowest BCUT2D eigenvalue weighted by molar-refractivity contribution is -0.143. The van der Waals surface area contributed by atoms with Gasteiger partial charge in [0.05, 0.1) is 38.5 Å². The average Bonchev–Trinajstić information content (AvgIpc) is 3.47. The molecule has 1 atom stereocenters. The minimum Gasteiger partial charge on any atom is -0.478 e. The van der Waals surface area contributed by atoms with Gasteiger partial charge in [0, 0.05) is 16.7 Å². The third kappa shape index (κ3) is 5.28. The lowest BCUT2D eigenvalue weighted by atomic mass is 9.96. The highest BCUT2D eigenvalue weighted by atomic mass is 35.5. The number of carbonyl (C=O) groups is 2. The van der Waals surface area contributed by atoms with E-state index in [1.54, 1.807) is 69.3 Å². The van der Waals surface area contributed by atoms with Crippen molar-refractivity contribution in [3.8, 4) is 11.3 Å². The summed E-state index contributed by atoms with van der Waals surface area (Å²) in [5.74, 6) is -0.822. The fourth-order valence-electron chi connectivity index (χ4n) is 4.38.